The van der Waals surface area contributed by atoms with Crippen LogP contribution in [-0.2, 0) is 15.1 Å². The van der Waals surface area contributed by atoms with E-state index in [4.69, 9.17) is 18.9 Å². The Hall–Kier alpha value is -5.07. The summed E-state index contributed by atoms with van der Waals surface area (Å²) in [5, 5.41) is 2.97. The highest BCUT2D eigenvalue weighted by molar-refractivity contribution is 5.79. The fourth-order valence-corrected chi connectivity index (χ4v) is 7.12. The van der Waals surface area contributed by atoms with Crippen LogP contribution in [0.15, 0.2) is 127 Å². The van der Waals surface area contributed by atoms with Gasteiger partial charge in [0.15, 0.2) is 0 Å². The molecule has 0 radical (unpaired) electrons. The number of ether oxygens (including phenoxy) is 4. The van der Waals surface area contributed by atoms with Crippen LogP contribution >= 0.6 is 0 Å². The maximum absolute atomic E-state index is 12.7. The molecule has 258 valence electrons. The number of unbranched alkanes of at least 4 members (excludes halogenated alkanes) is 1. The Balaban J connectivity index is 1.06. The lowest BCUT2D eigenvalue weighted by Crippen LogP contribution is -2.34. The first-order valence-electron chi connectivity index (χ1n) is 17.6. The number of methoxy groups -OCH3 is 2. The van der Waals surface area contributed by atoms with Crippen molar-refractivity contribution in [2.75, 3.05) is 34.0 Å². The van der Waals surface area contributed by atoms with Gasteiger partial charge in [-0.2, -0.15) is 0 Å². The van der Waals surface area contributed by atoms with Crippen molar-refractivity contribution < 1.29 is 23.7 Å². The van der Waals surface area contributed by atoms with Crippen LogP contribution in [0.25, 0.3) is 11.1 Å². The summed E-state index contributed by atoms with van der Waals surface area (Å²) >= 11 is 0. The van der Waals surface area contributed by atoms with E-state index in [9.17, 15) is 4.79 Å². The number of benzene rings is 5. The van der Waals surface area contributed by atoms with Crippen molar-refractivity contribution in [1.82, 2.24) is 5.32 Å². The zero-order valence-corrected chi connectivity index (χ0v) is 29.3. The van der Waals surface area contributed by atoms with E-state index in [2.05, 4.69) is 97.2 Å². The van der Waals surface area contributed by atoms with E-state index >= 15 is 0 Å². The van der Waals surface area contributed by atoms with Crippen LogP contribution in [0.2, 0.25) is 0 Å². The molecule has 1 unspecified atom stereocenters. The van der Waals surface area contributed by atoms with Gasteiger partial charge in [-0.25, -0.2) is 4.79 Å². The van der Waals surface area contributed by atoms with Crippen molar-refractivity contribution in [3.63, 3.8) is 0 Å². The highest BCUT2D eigenvalue weighted by Crippen LogP contribution is 2.45. The molecule has 0 saturated heterocycles. The number of amides is 1. The van der Waals surface area contributed by atoms with Gasteiger partial charge in [0.05, 0.1) is 20.8 Å². The van der Waals surface area contributed by atoms with Crippen LogP contribution in [0.4, 0.5) is 4.79 Å². The Bertz CT molecular complexity index is 1730. The molecule has 1 atom stereocenters. The molecule has 6 nitrogen and oxygen atoms in total. The standard InChI is InChI=1S/C44H47NO5/c1-4-32(14-12-13-29-45-43(46)49-31-42-40-19-10-8-17-38(40)39-18-9-11-20-41(39)42)30-50-44(33-15-6-5-7-16-33,34-21-25-36(47-2)26-22-34)35-23-27-37(48-3)28-24-35/h5-11,15-28,32,42H,4,12-14,29-31H2,1-3H3,(H,45,46). The molecule has 1 N–H and O–H groups in total. The van der Waals surface area contributed by atoms with Crippen molar-refractivity contribution in [2.45, 2.75) is 44.1 Å². The summed E-state index contributed by atoms with van der Waals surface area (Å²) in [5.41, 5.74) is 7.14. The lowest BCUT2D eigenvalue weighted by Gasteiger charge is -2.37. The minimum atomic E-state index is -0.834. The quantitative estimate of drug-likeness (QED) is 0.0837. The summed E-state index contributed by atoms with van der Waals surface area (Å²) in [6.07, 6.45) is 3.43. The third-order valence-corrected chi connectivity index (χ3v) is 9.94. The molecule has 0 saturated carbocycles. The summed E-state index contributed by atoms with van der Waals surface area (Å²) in [6.45, 7) is 3.68. The molecule has 0 aromatic heterocycles. The molecule has 0 fully saturated rings. The fraction of sp³-hybridized carbons (Fsp3) is 0.295. The summed E-state index contributed by atoms with van der Waals surface area (Å²) in [4.78, 5) is 12.7. The third-order valence-electron chi connectivity index (χ3n) is 9.94. The molecule has 0 bridgehead atoms. The first-order valence-corrected chi connectivity index (χ1v) is 17.6. The van der Waals surface area contributed by atoms with Crippen LogP contribution < -0.4 is 14.8 Å². The Morgan fingerprint density at radius 2 is 1.20 bits per heavy atom. The van der Waals surface area contributed by atoms with E-state index in [1.807, 2.05) is 42.5 Å². The van der Waals surface area contributed by atoms with Crippen molar-refractivity contribution >= 4 is 6.09 Å². The topological polar surface area (TPSA) is 66.0 Å². The summed E-state index contributed by atoms with van der Waals surface area (Å²) in [7, 11) is 3.36. The van der Waals surface area contributed by atoms with Crippen LogP contribution in [0, 0.1) is 5.92 Å². The number of carbonyl (C=O) groups is 1. The SMILES string of the molecule is CCC(CCCCNC(=O)OCC1c2ccccc2-c2ccccc21)COC(c1ccccc1)(c1ccc(OC)cc1)c1ccc(OC)cc1. The average molecular weight is 670 g/mol. The molecular formula is C44H47NO5. The van der Waals surface area contributed by atoms with Crippen LogP contribution in [-0.4, -0.2) is 40.1 Å². The number of hydrogen-bond acceptors (Lipinski definition) is 5. The molecule has 0 spiro atoms. The van der Waals surface area contributed by atoms with Gasteiger partial charge in [-0.05, 0) is 82.0 Å². The molecule has 5 aromatic rings. The molecule has 50 heavy (non-hydrogen) atoms. The average Bonchev–Trinajstić information content (AvgIpc) is 3.50. The summed E-state index contributed by atoms with van der Waals surface area (Å²) in [5.74, 6) is 1.98. The lowest BCUT2D eigenvalue weighted by atomic mass is 9.79. The number of alkyl carbamates (subject to hydrolysis) is 1. The molecule has 1 aliphatic rings. The molecule has 0 heterocycles. The van der Waals surface area contributed by atoms with Gasteiger partial charge >= 0.3 is 6.09 Å². The highest BCUT2D eigenvalue weighted by Gasteiger charge is 2.38. The van der Waals surface area contributed by atoms with Gasteiger partial charge in [-0.3, -0.25) is 0 Å². The van der Waals surface area contributed by atoms with Gasteiger partial charge in [-0.15, -0.1) is 0 Å². The lowest BCUT2D eigenvalue weighted by molar-refractivity contribution is -0.0108. The minimum Gasteiger partial charge on any atom is -0.497 e. The van der Waals surface area contributed by atoms with E-state index in [1.54, 1.807) is 14.2 Å². The largest absolute Gasteiger partial charge is 0.497 e. The Morgan fingerprint density at radius 3 is 1.74 bits per heavy atom. The van der Waals surface area contributed by atoms with Gasteiger partial charge in [0, 0.05) is 12.5 Å². The Morgan fingerprint density at radius 1 is 0.680 bits per heavy atom. The predicted octanol–water partition coefficient (Wildman–Crippen LogP) is 9.75. The van der Waals surface area contributed by atoms with Crippen molar-refractivity contribution in [1.29, 1.82) is 0 Å². The minimum absolute atomic E-state index is 0.0531. The first-order chi connectivity index (χ1) is 24.6. The monoisotopic (exact) mass is 669 g/mol. The van der Waals surface area contributed by atoms with Crippen LogP contribution in [0.1, 0.15) is 66.3 Å². The van der Waals surface area contributed by atoms with E-state index in [0.29, 0.717) is 25.7 Å². The molecule has 6 rings (SSSR count). The highest BCUT2D eigenvalue weighted by atomic mass is 16.5. The van der Waals surface area contributed by atoms with E-state index < -0.39 is 5.60 Å². The van der Waals surface area contributed by atoms with Crippen LogP contribution in [0.5, 0.6) is 11.5 Å². The second kappa shape index (κ2) is 16.6. The third kappa shape index (κ3) is 7.56. The van der Waals surface area contributed by atoms with Gasteiger partial charge < -0.3 is 24.3 Å². The van der Waals surface area contributed by atoms with E-state index in [0.717, 1.165) is 53.9 Å². The smallest absolute Gasteiger partial charge is 0.407 e. The second-order valence-corrected chi connectivity index (χ2v) is 12.8. The number of rotatable bonds is 16. The van der Waals surface area contributed by atoms with Crippen LogP contribution in [0.3, 0.4) is 0 Å². The number of fused-ring (bicyclic) bond motifs is 3. The number of nitrogens with one attached hydrogen (secondary N) is 1. The second-order valence-electron chi connectivity index (χ2n) is 12.8. The zero-order chi connectivity index (χ0) is 34.8. The van der Waals surface area contributed by atoms with Crippen molar-refractivity contribution in [2.24, 2.45) is 5.92 Å². The summed E-state index contributed by atoms with van der Waals surface area (Å²) in [6, 6.07) is 43.5. The van der Waals surface area contributed by atoms with Gasteiger partial charge in [0.2, 0.25) is 0 Å². The van der Waals surface area contributed by atoms with Gasteiger partial charge in [0.1, 0.15) is 23.7 Å². The van der Waals surface area contributed by atoms with E-state index in [-0.39, 0.29) is 12.0 Å². The maximum atomic E-state index is 12.7. The van der Waals surface area contributed by atoms with Crippen molar-refractivity contribution in [3.05, 3.63) is 155 Å². The van der Waals surface area contributed by atoms with E-state index in [1.165, 1.54) is 22.3 Å². The number of carbonyl (C=O) groups excluding carboxylic acids is 1. The van der Waals surface area contributed by atoms with Crippen molar-refractivity contribution in [3.8, 4) is 22.6 Å². The Labute approximate surface area is 296 Å². The Kier molecular flexibility index (Phi) is 11.5. The fourth-order valence-electron chi connectivity index (χ4n) is 7.12. The molecule has 0 aliphatic heterocycles. The van der Waals surface area contributed by atoms with Gasteiger partial charge in [0.25, 0.3) is 0 Å². The molecule has 1 aliphatic carbocycles. The zero-order valence-electron chi connectivity index (χ0n) is 29.3. The molecule has 5 aromatic carbocycles. The predicted molar refractivity (Wildman–Crippen MR) is 199 cm³/mol. The normalized spacial score (nSPS) is 12.9. The molecular weight excluding hydrogens is 622 g/mol. The first kappa shape index (κ1) is 34.8. The summed E-state index contributed by atoms with van der Waals surface area (Å²) < 4.78 is 23.9. The number of hydrogen-bond donors (Lipinski definition) is 1. The van der Waals surface area contributed by atoms with Gasteiger partial charge in [-0.1, -0.05) is 123 Å². The maximum Gasteiger partial charge on any atom is 0.407 e. The molecule has 6 heteroatoms. The molecule has 1 amide bonds.